The van der Waals surface area contributed by atoms with Crippen molar-refractivity contribution < 1.29 is 8.42 Å². The molecule has 21 heavy (non-hydrogen) atoms. The van der Waals surface area contributed by atoms with Crippen LogP contribution in [0.1, 0.15) is 0 Å². The van der Waals surface area contributed by atoms with Crippen molar-refractivity contribution in [2.45, 2.75) is 4.90 Å². The van der Waals surface area contributed by atoms with Gasteiger partial charge in [0, 0.05) is 14.3 Å². The van der Waals surface area contributed by atoms with E-state index in [9.17, 15) is 8.42 Å². The molecular formula is C12H8BrCl2IN2O2S. The van der Waals surface area contributed by atoms with Crippen LogP contribution in [0.5, 0.6) is 0 Å². The molecule has 0 bridgehead atoms. The van der Waals surface area contributed by atoms with E-state index in [0.717, 1.165) is 3.57 Å². The van der Waals surface area contributed by atoms with Crippen LogP contribution >= 0.6 is 61.7 Å². The van der Waals surface area contributed by atoms with Gasteiger partial charge in [0.05, 0.1) is 15.2 Å². The van der Waals surface area contributed by atoms with Gasteiger partial charge < -0.3 is 5.73 Å². The summed E-state index contributed by atoms with van der Waals surface area (Å²) in [6.45, 7) is 0. The summed E-state index contributed by atoms with van der Waals surface area (Å²) in [4.78, 5) is -0.0536. The van der Waals surface area contributed by atoms with Crippen molar-refractivity contribution in [3.05, 3.63) is 48.4 Å². The molecule has 0 aliphatic rings. The van der Waals surface area contributed by atoms with E-state index in [-0.39, 0.29) is 25.8 Å². The number of rotatable bonds is 3. The molecule has 3 N–H and O–H groups in total. The number of nitrogens with two attached hydrogens (primary N) is 1. The molecule has 0 atom stereocenters. The zero-order chi connectivity index (χ0) is 15.8. The number of benzene rings is 2. The summed E-state index contributed by atoms with van der Waals surface area (Å²) in [5, 5.41) is 0.529. The van der Waals surface area contributed by atoms with E-state index in [1.165, 1.54) is 12.1 Å². The van der Waals surface area contributed by atoms with E-state index in [4.69, 9.17) is 28.9 Å². The molecule has 2 aromatic carbocycles. The van der Waals surface area contributed by atoms with Gasteiger partial charge in [0.15, 0.2) is 0 Å². The van der Waals surface area contributed by atoms with Gasteiger partial charge in [-0.1, -0.05) is 23.2 Å². The molecule has 2 aromatic rings. The van der Waals surface area contributed by atoms with Crippen LogP contribution in [0.3, 0.4) is 0 Å². The maximum atomic E-state index is 12.4. The monoisotopic (exact) mass is 520 g/mol. The number of halogens is 4. The highest BCUT2D eigenvalue weighted by Crippen LogP contribution is 2.33. The van der Waals surface area contributed by atoms with Crippen molar-refractivity contribution in [3.8, 4) is 0 Å². The van der Waals surface area contributed by atoms with Crippen LogP contribution in [0.25, 0.3) is 0 Å². The molecule has 0 aromatic heterocycles. The predicted molar refractivity (Wildman–Crippen MR) is 98.5 cm³/mol. The number of nitrogens with one attached hydrogen (secondary N) is 1. The van der Waals surface area contributed by atoms with Crippen LogP contribution in [-0.2, 0) is 10.0 Å². The van der Waals surface area contributed by atoms with E-state index < -0.39 is 10.0 Å². The van der Waals surface area contributed by atoms with Gasteiger partial charge in [-0.15, -0.1) is 0 Å². The Morgan fingerprint density at radius 3 is 2.48 bits per heavy atom. The van der Waals surface area contributed by atoms with Crippen LogP contribution in [-0.4, -0.2) is 8.42 Å². The van der Waals surface area contributed by atoms with Crippen molar-refractivity contribution in [1.82, 2.24) is 0 Å². The average Bonchev–Trinajstić information content (AvgIpc) is 2.37. The van der Waals surface area contributed by atoms with E-state index in [1.54, 1.807) is 18.2 Å². The number of sulfonamides is 1. The zero-order valence-corrected chi connectivity index (χ0v) is 16.3. The quantitative estimate of drug-likeness (QED) is 0.452. The molecule has 0 spiro atoms. The van der Waals surface area contributed by atoms with E-state index in [2.05, 4.69) is 43.2 Å². The van der Waals surface area contributed by atoms with Gasteiger partial charge in [-0.25, -0.2) is 8.42 Å². The van der Waals surface area contributed by atoms with Crippen molar-refractivity contribution in [1.29, 1.82) is 0 Å². The summed E-state index contributed by atoms with van der Waals surface area (Å²) in [5.74, 6) is 0. The van der Waals surface area contributed by atoms with Crippen molar-refractivity contribution in [3.63, 3.8) is 0 Å². The van der Waals surface area contributed by atoms with Gasteiger partial charge in [-0.05, 0) is 68.9 Å². The van der Waals surface area contributed by atoms with Gasteiger partial charge in [0.25, 0.3) is 10.0 Å². The molecule has 9 heteroatoms. The SMILES string of the molecule is Nc1cc(Cl)cc(S(=O)(=O)Nc2ccc(I)cc2Cl)c1Br. The lowest BCUT2D eigenvalue weighted by atomic mass is 10.3. The smallest absolute Gasteiger partial charge is 0.263 e. The molecule has 0 aliphatic carbocycles. The Hall–Kier alpha value is -0.220. The molecule has 0 aliphatic heterocycles. The van der Waals surface area contributed by atoms with Crippen molar-refractivity contribution >= 4 is 83.1 Å². The topological polar surface area (TPSA) is 72.2 Å². The van der Waals surface area contributed by atoms with Crippen LogP contribution in [0.4, 0.5) is 11.4 Å². The third-order valence-electron chi connectivity index (χ3n) is 2.50. The summed E-state index contributed by atoms with van der Waals surface area (Å²) in [5.41, 5.74) is 6.22. The van der Waals surface area contributed by atoms with E-state index in [0.29, 0.717) is 5.02 Å². The normalized spacial score (nSPS) is 11.4. The lowest BCUT2D eigenvalue weighted by Crippen LogP contribution is -2.14. The molecule has 0 unspecified atom stereocenters. The maximum absolute atomic E-state index is 12.4. The lowest BCUT2D eigenvalue weighted by molar-refractivity contribution is 0.601. The molecule has 0 saturated heterocycles. The summed E-state index contributed by atoms with van der Waals surface area (Å²) >= 11 is 17.1. The van der Waals surface area contributed by atoms with Gasteiger partial charge in [0.2, 0.25) is 0 Å². The van der Waals surface area contributed by atoms with Crippen LogP contribution in [0, 0.1) is 3.57 Å². The lowest BCUT2D eigenvalue weighted by Gasteiger charge is -2.12. The predicted octanol–water partition coefficient (Wildman–Crippen LogP) is 4.74. The molecule has 112 valence electrons. The standard InChI is InChI=1S/C12H8BrCl2IN2O2S/c13-12-9(17)3-6(14)4-11(12)21(19,20)18-10-2-1-7(16)5-8(10)15/h1-5,18H,17H2. The van der Waals surface area contributed by atoms with E-state index >= 15 is 0 Å². The molecular weight excluding hydrogens is 514 g/mol. The summed E-state index contributed by atoms with van der Waals surface area (Å²) in [6, 6.07) is 7.75. The van der Waals surface area contributed by atoms with Gasteiger partial charge >= 0.3 is 0 Å². The number of hydrogen-bond acceptors (Lipinski definition) is 3. The number of anilines is 2. The number of nitrogen functional groups attached to an aromatic ring is 1. The fraction of sp³-hybridized carbons (Fsp3) is 0. The Balaban J connectivity index is 2.48. The van der Waals surface area contributed by atoms with Crippen LogP contribution in [0.2, 0.25) is 10.0 Å². The summed E-state index contributed by atoms with van der Waals surface area (Å²) in [7, 11) is -3.87. The Labute approximate surface area is 154 Å². The van der Waals surface area contributed by atoms with Crippen molar-refractivity contribution in [2.24, 2.45) is 0 Å². The third-order valence-corrected chi connectivity index (χ3v) is 6.24. The minimum atomic E-state index is -3.87. The average molecular weight is 522 g/mol. The Morgan fingerprint density at radius 1 is 1.19 bits per heavy atom. The highest BCUT2D eigenvalue weighted by Gasteiger charge is 2.21. The second-order valence-corrected chi connectivity index (χ2v) is 8.57. The molecule has 4 nitrogen and oxygen atoms in total. The molecule has 2 rings (SSSR count). The highest BCUT2D eigenvalue weighted by molar-refractivity contribution is 14.1. The van der Waals surface area contributed by atoms with Crippen LogP contribution < -0.4 is 10.5 Å². The Kier molecular flexibility index (Phi) is 5.30. The summed E-state index contributed by atoms with van der Waals surface area (Å²) in [6.07, 6.45) is 0. The molecule has 0 radical (unpaired) electrons. The Bertz CT molecular complexity index is 815. The molecule has 0 saturated carbocycles. The molecule has 0 heterocycles. The van der Waals surface area contributed by atoms with Crippen LogP contribution in [0.15, 0.2) is 39.7 Å². The maximum Gasteiger partial charge on any atom is 0.263 e. The first kappa shape index (κ1) is 17.1. The fourth-order valence-corrected chi connectivity index (χ4v) is 4.88. The minimum Gasteiger partial charge on any atom is -0.398 e. The summed E-state index contributed by atoms with van der Waals surface area (Å²) < 4.78 is 28.5. The van der Waals surface area contributed by atoms with Gasteiger partial charge in [0.1, 0.15) is 4.90 Å². The molecule has 0 fully saturated rings. The Morgan fingerprint density at radius 2 is 1.86 bits per heavy atom. The third kappa shape index (κ3) is 3.95. The van der Waals surface area contributed by atoms with Gasteiger partial charge in [-0.3, -0.25) is 4.72 Å². The second-order valence-electron chi connectivity index (χ2n) is 4.04. The fourth-order valence-electron chi connectivity index (χ4n) is 1.55. The van der Waals surface area contributed by atoms with Gasteiger partial charge in [-0.2, -0.15) is 0 Å². The highest BCUT2D eigenvalue weighted by atomic mass is 127. The number of hydrogen-bond donors (Lipinski definition) is 2. The second kappa shape index (κ2) is 6.49. The van der Waals surface area contributed by atoms with Crippen molar-refractivity contribution in [2.75, 3.05) is 10.5 Å². The zero-order valence-electron chi connectivity index (χ0n) is 10.2. The first-order chi connectivity index (χ1) is 9.70. The van der Waals surface area contributed by atoms with E-state index in [1.807, 2.05) is 0 Å². The largest absolute Gasteiger partial charge is 0.398 e. The minimum absolute atomic E-state index is 0.0536. The first-order valence-electron chi connectivity index (χ1n) is 5.43. The molecule has 0 amide bonds. The first-order valence-corrected chi connectivity index (χ1v) is 9.54.